The molecule has 0 aliphatic carbocycles. The highest BCUT2D eigenvalue weighted by molar-refractivity contribution is 5.03. The molecule has 0 saturated carbocycles. The third kappa shape index (κ3) is 6.16. The van der Waals surface area contributed by atoms with Gasteiger partial charge in [-0.15, -0.1) is 0 Å². The Hall–Kier alpha value is -0.940. The first kappa shape index (κ1) is 18.1. The summed E-state index contributed by atoms with van der Waals surface area (Å²) in [5.41, 5.74) is -0.829. The van der Waals surface area contributed by atoms with Crippen molar-refractivity contribution in [3.8, 4) is 6.07 Å². The van der Waals surface area contributed by atoms with Crippen molar-refractivity contribution < 1.29 is 26.7 Å². The lowest BCUT2D eigenvalue weighted by atomic mass is 9.98. The van der Waals surface area contributed by atoms with Crippen LogP contribution in [-0.2, 0) is 4.74 Å². The largest absolute Gasteiger partial charge is 0.455 e. The van der Waals surface area contributed by atoms with E-state index in [2.05, 4.69) is 10.1 Å². The first-order valence-electron chi connectivity index (χ1n) is 5.76. The van der Waals surface area contributed by atoms with E-state index in [0.717, 1.165) is 0 Å². The second-order valence-corrected chi connectivity index (χ2v) is 4.33. The van der Waals surface area contributed by atoms with Gasteiger partial charge in [0.25, 0.3) is 0 Å². The van der Waals surface area contributed by atoms with Gasteiger partial charge in [-0.3, -0.25) is 5.32 Å². The van der Waals surface area contributed by atoms with Crippen LogP contribution in [0.2, 0.25) is 0 Å². The van der Waals surface area contributed by atoms with E-state index >= 15 is 0 Å². The van der Waals surface area contributed by atoms with Gasteiger partial charge in [0.2, 0.25) is 0 Å². The summed E-state index contributed by atoms with van der Waals surface area (Å²) in [5, 5.41) is 11.8. The van der Waals surface area contributed by atoms with Gasteiger partial charge in [0.05, 0.1) is 6.07 Å². The van der Waals surface area contributed by atoms with Gasteiger partial charge in [-0.2, -0.15) is 27.2 Å². The van der Waals surface area contributed by atoms with Crippen LogP contribution in [0.4, 0.5) is 22.0 Å². The van der Waals surface area contributed by atoms with Gasteiger partial charge in [-0.05, 0) is 26.3 Å². The van der Waals surface area contributed by atoms with Gasteiger partial charge in [-0.25, -0.2) is 0 Å². The molecule has 3 nitrogen and oxygen atoms in total. The molecule has 112 valence electrons. The summed E-state index contributed by atoms with van der Waals surface area (Å²) in [5.74, 6) is -4.84. The lowest BCUT2D eigenvalue weighted by molar-refractivity contribution is -0.296. The highest BCUT2D eigenvalue weighted by Gasteiger charge is 2.57. The topological polar surface area (TPSA) is 45.0 Å². The highest BCUT2D eigenvalue weighted by Crippen LogP contribution is 2.35. The minimum Gasteiger partial charge on any atom is -0.375 e. The zero-order valence-corrected chi connectivity index (χ0v) is 10.8. The fourth-order valence-corrected chi connectivity index (χ4v) is 1.38. The van der Waals surface area contributed by atoms with E-state index in [1.54, 1.807) is 13.8 Å². The number of halogens is 5. The molecule has 0 aromatic rings. The molecule has 1 unspecified atom stereocenters. The van der Waals surface area contributed by atoms with E-state index in [-0.39, 0.29) is 13.0 Å². The average Bonchev–Trinajstić information content (AvgIpc) is 2.27. The van der Waals surface area contributed by atoms with Gasteiger partial charge < -0.3 is 4.74 Å². The van der Waals surface area contributed by atoms with Crippen LogP contribution in [0.25, 0.3) is 0 Å². The molecule has 1 N–H and O–H groups in total. The van der Waals surface area contributed by atoms with E-state index in [9.17, 15) is 22.0 Å². The van der Waals surface area contributed by atoms with Crippen LogP contribution in [0.15, 0.2) is 0 Å². The number of rotatable bonds is 8. The molecule has 0 fully saturated rings. The molecular weight excluding hydrogens is 271 g/mol. The van der Waals surface area contributed by atoms with Crippen LogP contribution in [0.1, 0.15) is 26.7 Å². The Bertz CT molecular complexity index is 313. The van der Waals surface area contributed by atoms with Crippen molar-refractivity contribution in [3.63, 3.8) is 0 Å². The summed E-state index contributed by atoms with van der Waals surface area (Å²) in [7, 11) is 0. The summed E-state index contributed by atoms with van der Waals surface area (Å²) in [4.78, 5) is 0. The molecular formula is C11H17F5N2O. The summed E-state index contributed by atoms with van der Waals surface area (Å²) in [6.45, 7) is 2.03. The maximum absolute atomic E-state index is 12.5. The summed E-state index contributed by atoms with van der Waals surface area (Å²) >= 11 is 0. The number of nitriles is 1. The predicted octanol–water partition coefficient (Wildman–Crippen LogP) is 2.87. The van der Waals surface area contributed by atoms with Crippen molar-refractivity contribution in [2.45, 2.75) is 44.3 Å². The van der Waals surface area contributed by atoms with Gasteiger partial charge >= 0.3 is 12.1 Å². The fraction of sp³-hybridized carbons (Fsp3) is 0.909. The zero-order chi connectivity index (χ0) is 15.2. The van der Waals surface area contributed by atoms with Gasteiger partial charge in [-0.1, -0.05) is 6.92 Å². The molecule has 0 aliphatic heterocycles. The lowest BCUT2D eigenvalue weighted by Gasteiger charge is -2.23. The number of alkyl halides is 5. The van der Waals surface area contributed by atoms with Crippen LogP contribution in [0.5, 0.6) is 0 Å². The summed E-state index contributed by atoms with van der Waals surface area (Å²) in [6, 6.07) is 2.02. The molecule has 0 aromatic carbocycles. The third-order valence-electron chi connectivity index (χ3n) is 2.48. The van der Waals surface area contributed by atoms with Crippen molar-refractivity contribution in [1.29, 1.82) is 5.26 Å². The van der Waals surface area contributed by atoms with Crippen molar-refractivity contribution >= 4 is 0 Å². The molecule has 8 heteroatoms. The molecule has 1 atom stereocenters. The Morgan fingerprint density at radius 1 is 1.21 bits per heavy atom. The maximum atomic E-state index is 12.5. The van der Waals surface area contributed by atoms with E-state index in [0.29, 0.717) is 13.0 Å². The molecule has 19 heavy (non-hydrogen) atoms. The standard InChI is InChI=1S/C11H17F5N2O/c1-3-18-9(2,7-17)5-4-6-19-8-10(12,13)11(14,15)16/h18H,3-6,8H2,1-2H3. The number of nitrogens with one attached hydrogen (secondary N) is 1. The Morgan fingerprint density at radius 3 is 2.21 bits per heavy atom. The Morgan fingerprint density at radius 2 is 1.79 bits per heavy atom. The lowest BCUT2D eigenvalue weighted by Crippen LogP contribution is -2.42. The molecule has 0 aromatic heterocycles. The molecule has 0 saturated heterocycles. The van der Waals surface area contributed by atoms with Crippen molar-refractivity contribution in [2.24, 2.45) is 0 Å². The minimum atomic E-state index is -5.60. The van der Waals surface area contributed by atoms with Gasteiger partial charge in [0.15, 0.2) is 0 Å². The van der Waals surface area contributed by atoms with Crippen molar-refractivity contribution in [3.05, 3.63) is 0 Å². The SMILES string of the molecule is CCNC(C)(C#N)CCCOCC(F)(F)C(F)(F)F. The summed E-state index contributed by atoms with van der Waals surface area (Å²) in [6.07, 6.45) is -5.09. The number of hydrogen-bond acceptors (Lipinski definition) is 3. The van der Waals surface area contributed by atoms with Crippen molar-refractivity contribution in [1.82, 2.24) is 5.32 Å². The molecule has 0 amide bonds. The Balaban J connectivity index is 3.98. The predicted molar refractivity (Wildman–Crippen MR) is 58.7 cm³/mol. The van der Waals surface area contributed by atoms with Crippen LogP contribution >= 0.6 is 0 Å². The zero-order valence-electron chi connectivity index (χ0n) is 10.8. The fourth-order valence-electron chi connectivity index (χ4n) is 1.38. The number of ether oxygens (including phenoxy) is 1. The van der Waals surface area contributed by atoms with Crippen molar-refractivity contribution in [2.75, 3.05) is 19.8 Å². The summed E-state index contributed by atoms with van der Waals surface area (Å²) < 4.78 is 64.7. The first-order chi connectivity index (χ1) is 8.58. The van der Waals surface area contributed by atoms with Crippen LogP contribution in [-0.4, -0.2) is 37.4 Å². The monoisotopic (exact) mass is 288 g/mol. The van der Waals surface area contributed by atoms with Gasteiger partial charge in [0, 0.05) is 6.61 Å². The number of hydrogen-bond donors (Lipinski definition) is 1. The third-order valence-corrected chi connectivity index (χ3v) is 2.48. The Kier molecular flexibility index (Phi) is 6.66. The quantitative estimate of drug-likeness (QED) is 0.552. The average molecular weight is 288 g/mol. The Labute approximate surface area is 108 Å². The van der Waals surface area contributed by atoms with Crippen LogP contribution in [0.3, 0.4) is 0 Å². The minimum absolute atomic E-state index is 0.213. The van der Waals surface area contributed by atoms with E-state index in [1.165, 1.54) is 0 Å². The van der Waals surface area contributed by atoms with Crippen LogP contribution < -0.4 is 5.32 Å². The van der Waals surface area contributed by atoms with E-state index in [1.807, 2.05) is 6.07 Å². The second-order valence-electron chi connectivity index (χ2n) is 4.33. The van der Waals surface area contributed by atoms with E-state index in [4.69, 9.17) is 5.26 Å². The molecule has 0 radical (unpaired) electrons. The molecule has 0 bridgehead atoms. The second kappa shape index (κ2) is 7.01. The van der Waals surface area contributed by atoms with E-state index < -0.39 is 24.2 Å². The molecule has 0 heterocycles. The van der Waals surface area contributed by atoms with Gasteiger partial charge in [0.1, 0.15) is 12.1 Å². The maximum Gasteiger partial charge on any atom is 0.455 e. The normalized spacial score (nSPS) is 15.9. The first-order valence-corrected chi connectivity index (χ1v) is 5.76. The molecule has 0 aliphatic rings. The van der Waals surface area contributed by atoms with Crippen LogP contribution in [0, 0.1) is 11.3 Å². The highest BCUT2D eigenvalue weighted by atomic mass is 19.4. The number of nitrogens with zero attached hydrogens (tertiary/aromatic N) is 1. The molecule has 0 rings (SSSR count). The smallest absolute Gasteiger partial charge is 0.375 e. The molecule has 0 spiro atoms.